The van der Waals surface area contributed by atoms with Crippen molar-refractivity contribution in [2.75, 3.05) is 59.1 Å². The Labute approximate surface area is 116 Å². The van der Waals surface area contributed by atoms with Crippen LogP contribution in [0.3, 0.4) is 0 Å². The van der Waals surface area contributed by atoms with Crippen molar-refractivity contribution in [1.82, 2.24) is 19.7 Å². The van der Waals surface area contributed by atoms with Crippen molar-refractivity contribution in [2.45, 2.75) is 6.54 Å². The van der Waals surface area contributed by atoms with E-state index in [1.807, 2.05) is 12.1 Å². The molecule has 5 nitrogen and oxygen atoms in total. The van der Waals surface area contributed by atoms with Gasteiger partial charge in [-0.3, -0.25) is 14.8 Å². The Hall–Kier alpha value is -1.17. The summed E-state index contributed by atoms with van der Waals surface area (Å²) in [7, 11) is 4.25. The molecule has 0 amide bonds. The van der Waals surface area contributed by atoms with Gasteiger partial charge in [0.05, 0.1) is 5.69 Å². The molecule has 1 aliphatic rings. The molecule has 0 atom stereocenters. The Morgan fingerprint density at radius 2 is 1.89 bits per heavy atom. The van der Waals surface area contributed by atoms with Gasteiger partial charge in [0, 0.05) is 57.7 Å². The molecule has 2 rings (SSSR count). The smallest absolute Gasteiger partial charge is 0.0564 e. The van der Waals surface area contributed by atoms with Crippen molar-refractivity contribution in [3.05, 3.63) is 24.0 Å². The number of aromatic nitrogens is 1. The number of piperazine rings is 1. The van der Waals surface area contributed by atoms with Gasteiger partial charge in [0.2, 0.25) is 0 Å². The van der Waals surface area contributed by atoms with E-state index in [1.54, 1.807) is 6.20 Å². The monoisotopic (exact) mass is 263 g/mol. The second-order valence-corrected chi connectivity index (χ2v) is 5.50. The Bertz CT molecular complexity index is 385. The number of hydrogen-bond donors (Lipinski definition) is 1. The summed E-state index contributed by atoms with van der Waals surface area (Å²) in [5.74, 6) is 0. The van der Waals surface area contributed by atoms with Crippen molar-refractivity contribution in [3.8, 4) is 0 Å². The molecule has 5 heteroatoms. The SMILES string of the molecule is CN(C)CCN1CCN(Cc2cc(N)ccn2)CC1. The Morgan fingerprint density at radius 3 is 2.53 bits per heavy atom. The highest BCUT2D eigenvalue weighted by Gasteiger charge is 2.17. The molecule has 0 radical (unpaired) electrons. The largest absolute Gasteiger partial charge is 0.399 e. The molecule has 1 aromatic rings. The summed E-state index contributed by atoms with van der Waals surface area (Å²) < 4.78 is 0. The molecular weight excluding hydrogens is 238 g/mol. The first-order chi connectivity index (χ1) is 9.13. The maximum atomic E-state index is 5.78. The minimum absolute atomic E-state index is 0.801. The first kappa shape index (κ1) is 14.2. The summed E-state index contributed by atoms with van der Waals surface area (Å²) in [5.41, 5.74) is 7.65. The molecule has 1 fully saturated rings. The van der Waals surface area contributed by atoms with Crippen LogP contribution in [0.5, 0.6) is 0 Å². The van der Waals surface area contributed by atoms with E-state index in [0.29, 0.717) is 0 Å². The van der Waals surface area contributed by atoms with Gasteiger partial charge in [-0.25, -0.2) is 0 Å². The minimum atomic E-state index is 0.801. The molecule has 0 aliphatic carbocycles. The van der Waals surface area contributed by atoms with Gasteiger partial charge in [0.1, 0.15) is 0 Å². The fourth-order valence-corrected chi connectivity index (χ4v) is 2.32. The molecule has 0 unspecified atom stereocenters. The topological polar surface area (TPSA) is 48.6 Å². The average Bonchev–Trinajstić information content (AvgIpc) is 2.38. The summed E-state index contributed by atoms with van der Waals surface area (Å²) in [6.45, 7) is 7.74. The first-order valence-corrected chi connectivity index (χ1v) is 6.93. The van der Waals surface area contributed by atoms with Gasteiger partial charge in [0.25, 0.3) is 0 Å². The Balaban J connectivity index is 1.74. The highest BCUT2D eigenvalue weighted by Crippen LogP contribution is 2.09. The molecule has 1 aliphatic heterocycles. The Kier molecular flexibility index (Phi) is 5.13. The molecule has 1 aromatic heterocycles. The molecule has 0 aromatic carbocycles. The van der Waals surface area contributed by atoms with Crippen LogP contribution < -0.4 is 5.73 Å². The molecular formula is C14H25N5. The van der Waals surface area contributed by atoms with E-state index in [1.165, 1.54) is 0 Å². The molecule has 19 heavy (non-hydrogen) atoms. The maximum absolute atomic E-state index is 5.78. The number of nitrogens with two attached hydrogens (primary N) is 1. The van der Waals surface area contributed by atoms with Gasteiger partial charge in [0.15, 0.2) is 0 Å². The third kappa shape index (κ3) is 4.78. The zero-order valence-corrected chi connectivity index (χ0v) is 12.0. The standard InChI is InChI=1S/C14H25N5/c1-17(2)5-6-18-7-9-19(10-8-18)12-14-11-13(15)3-4-16-14/h3-4,11H,5-10,12H2,1-2H3,(H2,15,16). The number of anilines is 1. The van der Waals surface area contributed by atoms with Crippen LogP contribution in [-0.4, -0.2) is 73.0 Å². The molecule has 2 heterocycles. The van der Waals surface area contributed by atoms with Crippen LogP contribution in [0.2, 0.25) is 0 Å². The molecule has 106 valence electrons. The van der Waals surface area contributed by atoms with Gasteiger partial charge < -0.3 is 10.6 Å². The zero-order valence-electron chi connectivity index (χ0n) is 12.0. The second-order valence-electron chi connectivity index (χ2n) is 5.50. The van der Waals surface area contributed by atoms with Gasteiger partial charge >= 0.3 is 0 Å². The third-order valence-electron chi connectivity index (χ3n) is 3.55. The van der Waals surface area contributed by atoms with Crippen molar-refractivity contribution in [2.24, 2.45) is 0 Å². The minimum Gasteiger partial charge on any atom is -0.399 e. The van der Waals surface area contributed by atoms with Crippen molar-refractivity contribution >= 4 is 5.69 Å². The van der Waals surface area contributed by atoms with Crippen LogP contribution in [0.25, 0.3) is 0 Å². The number of likely N-dealkylation sites (N-methyl/N-ethyl adjacent to an activating group) is 1. The highest BCUT2D eigenvalue weighted by atomic mass is 15.3. The second kappa shape index (κ2) is 6.84. The van der Waals surface area contributed by atoms with E-state index in [0.717, 1.165) is 57.2 Å². The summed E-state index contributed by atoms with van der Waals surface area (Å²) in [5, 5.41) is 0. The van der Waals surface area contributed by atoms with Gasteiger partial charge in [-0.2, -0.15) is 0 Å². The van der Waals surface area contributed by atoms with E-state index in [2.05, 4.69) is 33.8 Å². The number of hydrogen-bond acceptors (Lipinski definition) is 5. The normalized spacial score (nSPS) is 18.1. The molecule has 1 saturated heterocycles. The lowest BCUT2D eigenvalue weighted by Crippen LogP contribution is -2.47. The molecule has 0 bridgehead atoms. The number of rotatable bonds is 5. The van der Waals surface area contributed by atoms with E-state index in [9.17, 15) is 0 Å². The molecule has 0 spiro atoms. The van der Waals surface area contributed by atoms with Crippen molar-refractivity contribution in [3.63, 3.8) is 0 Å². The first-order valence-electron chi connectivity index (χ1n) is 6.93. The molecule has 0 saturated carbocycles. The quantitative estimate of drug-likeness (QED) is 0.830. The average molecular weight is 263 g/mol. The van der Waals surface area contributed by atoms with Gasteiger partial charge in [-0.15, -0.1) is 0 Å². The lowest BCUT2D eigenvalue weighted by molar-refractivity contribution is 0.119. The third-order valence-corrected chi connectivity index (χ3v) is 3.55. The van der Waals surface area contributed by atoms with E-state index >= 15 is 0 Å². The van der Waals surface area contributed by atoms with Crippen LogP contribution >= 0.6 is 0 Å². The predicted octanol–water partition coefficient (Wildman–Crippen LogP) is 0.343. The van der Waals surface area contributed by atoms with Crippen molar-refractivity contribution < 1.29 is 0 Å². The summed E-state index contributed by atoms with van der Waals surface area (Å²) in [4.78, 5) is 11.6. The van der Waals surface area contributed by atoms with Gasteiger partial charge in [-0.1, -0.05) is 0 Å². The maximum Gasteiger partial charge on any atom is 0.0564 e. The summed E-state index contributed by atoms with van der Waals surface area (Å²) >= 11 is 0. The van der Waals surface area contributed by atoms with Crippen molar-refractivity contribution in [1.29, 1.82) is 0 Å². The Morgan fingerprint density at radius 1 is 1.21 bits per heavy atom. The predicted molar refractivity (Wildman–Crippen MR) is 78.9 cm³/mol. The van der Waals surface area contributed by atoms with Crippen LogP contribution in [0.1, 0.15) is 5.69 Å². The number of nitrogen functional groups attached to an aromatic ring is 1. The van der Waals surface area contributed by atoms with Crippen LogP contribution in [0.15, 0.2) is 18.3 Å². The van der Waals surface area contributed by atoms with E-state index in [4.69, 9.17) is 5.73 Å². The van der Waals surface area contributed by atoms with E-state index < -0.39 is 0 Å². The van der Waals surface area contributed by atoms with Gasteiger partial charge in [-0.05, 0) is 26.2 Å². The van der Waals surface area contributed by atoms with Crippen LogP contribution in [-0.2, 0) is 6.54 Å². The fraction of sp³-hybridized carbons (Fsp3) is 0.643. The summed E-state index contributed by atoms with van der Waals surface area (Å²) in [6.07, 6.45) is 1.79. The number of pyridine rings is 1. The zero-order chi connectivity index (χ0) is 13.7. The molecule has 2 N–H and O–H groups in total. The van der Waals surface area contributed by atoms with Crippen LogP contribution in [0, 0.1) is 0 Å². The highest BCUT2D eigenvalue weighted by molar-refractivity contribution is 5.37. The lowest BCUT2D eigenvalue weighted by Gasteiger charge is -2.35. The van der Waals surface area contributed by atoms with E-state index in [-0.39, 0.29) is 0 Å². The van der Waals surface area contributed by atoms with Crippen LogP contribution in [0.4, 0.5) is 5.69 Å². The summed E-state index contributed by atoms with van der Waals surface area (Å²) in [6, 6.07) is 3.81. The fourth-order valence-electron chi connectivity index (χ4n) is 2.32. The number of nitrogens with zero attached hydrogens (tertiary/aromatic N) is 4. The lowest BCUT2D eigenvalue weighted by atomic mass is 10.2.